The summed E-state index contributed by atoms with van der Waals surface area (Å²) in [4.78, 5) is 0. The summed E-state index contributed by atoms with van der Waals surface area (Å²) in [5.41, 5.74) is 1.19. The molecular weight excluding hydrogens is 242 g/mol. The molecule has 0 heterocycles. The molecular formula is C12H9BCl2O. The molecule has 2 aromatic rings. The summed E-state index contributed by atoms with van der Waals surface area (Å²) in [6.07, 6.45) is 0. The lowest BCUT2D eigenvalue weighted by Gasteiger charge is -2.06. The number of halogens is 2. The number of rotatable bonds is 2. The van der Waals surface area contributed by atoms with Crippen LogP contribution in [-0.2, 0) is 0 Å². The summed E-state index contributed by atoms with van der Waals surface area (Å²) in [7, 11) is 2.03. The SMILES string of the molecule is Bc1ccc(Oc2cc(Cl)cc(Cl)c2)cc1. The highest BCUT2D eigenvalue weighted by molar-refractivity contribution is 6.34. The third-order valence-electron chi connectivity index (χ3n) is 2.09. The molecule has 0 atom stereocenters. The Bertz CT molecular complexity index is 477. The van der Waals surface area contributed by atoms with E-state index >= 15 is 0 Å². The molecule has 16 heavy (non-hydrogen) atoms. The summed E-state index contributed by atoms with van der Waals surface area (Å²) < 4.78 is 5.63. The molecule has 2 rings (SSSR count). The lowest BCUT2D eigenvalue weighted by Crippen LogP contribution is -1.99. The highest BCUT2D eigenvalue weighted by atomic mass is 35.5. The van der Waals surface area contributed by atoms with Crippen LogP contribution in [0, 0.1) is 0 Å². The van der Waals surface area contributed by atoms with Gasteiger partial charge in [0.15, 0.2) is 0 Å². The number of ether oxygens (including phenoxy) is 1. The molecule has 2 aromatic carbocycles. The Hall–Kier alpha value is -1.12. The Balaban J connectivity index is 2.23. The zero-order valence-corrected chi connectivity index (χ0v) is 10.2. The van der Waals surface area contributed by atoms with Crippen LogP contribution < -0.4 is 10.2 Å². The molecule has 0 fully saturated rings. The van der Waals surface area contributed by atoms with Gasteiger partial charge < -0.3 is 4.74 Å². The van der Waals surface area contributed by atoms with Gasteiger partial charge in [0.05, 0.1) is 0 Å². The van der Waals surface area contributed by atoms with Crippen molar-refractivity contribution in [2.45, 2.75) is 0 Å². The number of hydrogen-bond acceptors (Lipinski definition) is 1. The molecule has 0 bridgehead atoms. The van der Waals surface area contributed by atoms with Crippen LogP contribution in [0.3, 0.4) is 0 Å². The zero-order valence-electron chi connectivity index (χ0n) is 8.71. The summed E-state index contributed by atoms with van der Waals surface area (Å²) in [6, 6.07) is 12.9. The minimum atomic E-state index is 0.564. The third kappa shape index (κ3) is 2.94. The van der Waals surface area contributed by atoms with Gasteiger partial charge in [0.25, 0.3) is 0 Å². The van der Waals surface area contributed by atoms with Gasteiger partial charge in [-0.25, -0.2) is 0 Å². The molecule has 4 heteroatoms. The zero-order chi connectivity index (χ0) is 11.5. The van der Waals surface area contributed by atoms with Crippen LogP contribution in [0.25, 0.3) is 0 Å². The van der Waals surface area contributed by atoms with Crippen LogP contribution >= 0.6 is 23.2 Å². The van der Waals surface area contributed by atoms with Gasteiger partial charge in [-0.15, -0.1) is 0 Å². The summed E-state index contributed by atoms with van der Waals surface area (Å²) in [5.74, 6) is 1.41. The number of hydrogen-bond donors (Lipinski definition) is 0. The van der Waals surface area contributed by atoms with Gasteiger partial charge in [-0.3, -0.25) is 0 Å². The molecule has 0 saturated heterocycles. The van der Waals surface area contributed by atoms with Crippen LogP contribution in [0.2, 0.25) is 10.0 Å². The topological polar surface area (TPSA) is 9.23 Å². The van der Waals surface area contributed by atoms with Crippen molar-refractivity contribution in [1.82, 2.24) is 0 Å². The molecule has 0 radical (unpaired) electrons. The van der Waals surface area contributed by atoms with Crippen LogP contribution in [0.4, 0.5) is 0 Å². The average molecular weight is 251 g/mol. The van der Waals surface area contributed by atoms with Crippen molar-refractivity contribution < 1.29 is 4.74 Å². The molecule has 0 amide bonds. The van der Waals surface area contributed by atoms with Crippen molar-refractivity contribution in [3.05, 3.63) is 52.5 Å². The van der Waals surface area contributed by atoms with E-state index in [1.807, 2.05) is 32.1 Å². The first kappa shape index (κ1) is 11.4. The minimum absolute atomic E-state index is 0.564. The molecule has 0 aromatic heterocycles. The first-order valence-electron chi connectivity index (χ1n) is 4.84. The van der Waals surface area contributed by atoms with E-state index in [-0.39, 0.29) is 0 Å². The van der Waals surface area contributed by atoms with Crippen LogP contribution in [0.1, 0.15) is 0 Å². The molecule has 0 aliphatic rings. The second kappa shape index (κ2) is 4.81. The van der Waals surface area contributed by atoms with Gasteiger partial charge in [0, 0.05) is 10.0 Å². The lowest BCUT2D eigenvalue weighted by molar-refractivity contribution is 0.483. The monoisotopic (exact) mass is 250 g/mol. The largest absolute Gasteiger partial charge is 0.457 e. The Morgan fingerprint density at radius 3 is 1.94 bits per heavy atom. The maximum Gasteiger partial charge on any atom is 0.139 e. The maximum atomic E-state index is 5.88. The van der Waals surface area contributed by atoms with Crippen molar-refractivity contribution in [2.75, 3.05) is 0 Å². The van der Waals surface area contributed by atoms with Crippen LogP contribution in [0.5, 0.6) is 11.5 Å². The van der Waals surface area contributed by atoms with E-state index in [2.05, 4.69) is 0 Å². The van der Waals surface area contributed by atoms with Gasteiger partial charge in [-0.1, -0.05) is 40.8 Å². The van der Waals surface area contributed by atoms with E-state index in [1.165, 1.54) is 5.46 Å². The maximum absolute atomic E-state index is 5.88. The van der Waals surface area contributed by atoms with Gasteiger partial charge >= 0.3 is 0 Å². The van der Waals surface area contributed by atoms with Crippen molar-refractivity contribution in [3.63, 3.8) is 0 Å². The highest BCUT2D eigenvalue weighted by Crippen LogP contribution is 2.27. The standard InChI is InChI=1S/C12H9BCl2O/c13-8-1-3-11(4-2-8)16-12-6-9(14)5-10(15)7-12/h1-7H,13H2. The summed E-state index contributed by atoms with van der Waals surface area (Å²) in [6.45, 7) is 0. The quantitative estimate of drug-likeness (QED) is 0.745. The van der Waals surface area contributed by atoms with E-state index in [1.54, 1.807) is 18.2 Å². The number of benzene rings is 2. The van der Waals surface area contributed by atoms with E-state index in [0.717, 1.165) is 5.75 Å². The van der Waals surface area contributed by atoms with Crippen molar-refractivity contribution in [2.24, 2.45) is 0 Å². The second-order valence-corrected chi connectivity index (χ2v) is 4.39. The molecule has 0 N–H and O–H groups in total. The van der Waals surface area contributed by atoms with E-state index in [4.69, 9.17) is 27.9 Å². The summed E-state index contributed by atoms with van der Waals surface area (Å²) in [5, 5.41) is 1.13. The van der Waals surface area contributed by atoms with Crippen LogP contribution in [0.15, 0.2) is 42.5 Å². The fraction of sp³-hybridized carbons (Fsp3) is 0. The van der Waals surface area contributed by atoms with Gasteiger partial charge in [0.1, 0.15) is 19.3 Å². The van der Waals surface area contributed by atoms with Gasteiger partial charge in [0.2, 0.25) is 0 Å². The molecule has 0 unspecified atom stereocenters. The van der Waals surface area contributed by atoms with E-state index in [9.17, 15) is 0 Å². The molecule has 0 spiro atoms. The molecule has 1 nitrogen and oxygen atoms in total. The van der Waals surface area contributed by atoms with E-state index < -0.39 is 0 Å². The lowest BCUT2D eigenvalue weighted by atomic mass is 9.97. The van der Waals surface area contributed by atoms with Crippen molar-refractivity contribution in [3.8, 4) is 11.5 Å². The predicted octanol–water partition coefficient (Wildman–Crippen LogP) is 3.04. The fourth-order valence-corrected chi connectivity index (χ4v) is 1.84. The van der Waals surface area contributed by atoms with Crippen LogP contribution in [-0.4, -0.2) is 7.85 Å². The smallest absolute Gasteiger partial charge is 0.139 e. The van der Waals surface area contributed by atoms with Gasteiger partial charge in [-0.05, 0) is 30.3 Å². The molecule has 0 saturated carbocycles. The highest BCUT2D eigenvalue weighted by Gasteiger charge is 2.00. The molecule has 80 valence electrons. The summed E-state index contributed by atoms with van der Waals surface area (Å²) >= 11 is 11.8. The normalized spacial score (nSPS) is 10.1. The minimum Gasteiger partial charge on any atom is -0.457 e. The van der Waals surface area contributed by atoms with E-state index in [0.29, 0.717) is 15.8 Å². The van der Waals surface area contributed by atoms with Gasteiger partial charge in [-0.2, -0.15) is 0 Å². The van der Waals surface area contributed by atoms with Crippen molar-refractivity contribution >= 4 is 36.5 Å². The molecule has 0 aliphatic heterocycles. The fourth-order valence-electron chi connectivity index (χ4n) is 1.33. The first-order valence-corrected chi connectivity index (χ1v) is 5.60. The molecule has 0 aliphatic carbocycles. The Morgan fingerprint density at radius 1 is 0.812 bits per heavy atom. The average Bonchev–Trinajstić information content (AvgIpc) is 2.20. The Kier molecular flexibility index (Phi) is 3.42. The Morgan fingerprint density at radius 2 is 1.38 bits per heavy atom. The predicted molar refractivity (Wildman–Crippen MR) is 71.2 cm³/mol. The second-order valence-electron chi connectivity index (χ2n) is 3.52. The Labute approximate surface area is 105 Å². The third-order valence-corrected chi connectivity index (χ3v) is 2.53. The van der Waals surface area contributed by atoms with Crippen molar-refractivity contribution in [1.29, 1.82) is 0 Å². The first-order chi connectivity index (χ1) is 7.63.